The number of hydrogen-bond donors (Lipinski definition) is 1. The molecular weight excluding hydrogens is 242 g/mol. The average Bonchev–Trinajstić information content (AvgIpc) is 2.46. The fourth-order valence-electron chi connectivity index (χ4n) is 1.93. The molecule has 19 heavy (non-hydrogen) atoms. The predicted octanol–water partition coefficient (Wildman–Crippen LogP) is 2.49. The Kier molecular flexibility index (Phi) is 4.20. The van der Waals surface area contributed by atoms with Crippen molar-refractivity contribution in [1.82, 2.24) is 10.3 Å². The molecule has 0 aliphatic carbocycles. The molecule has 2 aromatic rings. The van der Waals surface area contributed by atoms with Crippen LogP contribution < -0.4 is 5.32 Å². The van der Waals surface area contributed by atoms with Crippen molar-refractivity contribution in [3.63, 3.8) is 0 Å². The lowest BCUT2D eigenvalue weighted by Crippen LogP contribution is -2.19. The largest absolute Gasteiger partial charge is 0.313 e. The van der Waals surface area contributed by atoms with E-state index in [0.29, 0.717) is 6.42 Å². The summed E-state index contributed by atoms with van der Waals surface area (Å²) < 4.78 is 0. The van der Waals surface area contributed by atoms with Crippen molar-refractivity contribution in [3.8, 4) is 0 Å². The van der Waals surface area contributed by atoms with Gasteiger partial charge in [-0.2, -0.15) is 0 Å². The maximum Gasteiger partial charge on any atom is 0.287 e. The van der Waals surface area contributed by atoms with Gasteiger partial charge >= 0.3 is 0 Å². The molecule has 0 spiro atoms. The summed E-state index contributed by atoms with van der Waals surface area (Å²) in [5, 5.41) is 13.8. The van der Waals surface area contributed by atoms with E-state index in [1.165, 1.54) is 17.8 Å². The fourth-order valence-corrected chi connectivity index (χ4v) is 1.93. The molecule has 1 unspecified atom stereocenters. The van der Waals surface area contributed by atoms with Crippen LogP contribution in [0.1, 0.15) is 17.3 Å². The van der Waals surface area contributed by atoms with Crippen LogP contribution >= 0.6 is 0 Å². The van der Waals surface area contributed by atoms with Crippen LogP contribution in [0.15, 0.2) is 48.7 Å². The van der Waals surface area contributed by atoms with Gasteiger partial charge in [-0.15, -0.1) is 0 Å². The van der Waals surface area contributed by atoms with Gasteiger partial charge in [0.25, 0.3) is 5.69 Å². The monoisotopic (exact) mass is 257 g/mol. The topological polar surface area (TPSA) is 68.1 Å². The Morgan fingerprint density at radius 3 is 2.53 bits per heavy atom. The van der Waals surface area contributed by atoms with Crippen molar-refractivity contribution in [2.75, 3.05) is 7.05 Å². The van der Waals surface area contributed by atoms with Gasteiger partial charge in [0.05, 0.1) is 4.92 Å². The highest BCUT2D eigenvalue weighted by Gasteiger charge is 2.12. The zero-order valence-corrected chi connectivity index (χ0v) is 10.6. The number of nitro groups is 1. The molecule has 1 N–H and O–H groups in total. The highest BCUT2D eigenvalue weighted by atomic mass is 16.6. The van der Waals surface area contributed by atoms with Gasteiger partial charge in [0.15, 0.2) is 0 Å². The number of likely N-dealkylation sites (N-methyl/N-ethyl adjacent to an activating group) is 1. The molecule has 1 aromatic heterocycles. The van der Waals surface area contributed by atoms with Crippen LogP contribution in [-0.4, -0.2) is 17.0 Å². The summed E-state index contributed by atoms with van der Waals surface area (Å²) in [6.45, 7) is 0. The summed E-state index contributed by atoms with van der Waals surface area (Å²) in [5.74, 6) is 0. The van der Waals surface area contributed by atoms with Crippen LogP contribution in [0.2, 0.25) is 0 Å². The minimum Gasteiger partial charge on any atom is -0.313 e. The van der Waals surface area contributed by atoms with Crippen LogP contribution in [0.5, 0.6) is 0 Å². The molecule has 0 saturated carbocycles. The van der Waals surface area contributed by atoms with Gasteiger partial charge in [0, 0.05) is 24.2 Å². The molecule has 0 saturated heterocycles. The van der Waals surface area contributed by atoms with E-state index in [4.69, 9.17) is 0 Å². The summed E-state index contributed by atoms with van der Waals surface area (Å²) in [4.78, 5) is 14.3. The second-order valence-corrected chi connectivity index (χ2v) is 4.22. The molecule has 0 bridgehead atoms. The number of pyridine rings is 1. The SMILES string of the molecule is CNC(Cc1ccc([N+](=O)[O-])cn1)c1ccccc1. The van der Waals surface area contributed by atoms with Crippen LogP contribution in [-0.2, 0) is 6.42 Å². The fraction of sp³-hybridized carbons (Fsp3) is 0.214. The minimum atomic E-state index is -0.441. The third-order valence-corrected chi connectivity index (χ3v) is 2.98. The van der Waals surface area contributed by atoms with Crippen LogP contribution in [0.25, 0.3) is 0 Å². The van der Waals surface area contributed by atoms with Gasteiger partial charge < -0.3 is 5.32 Å². The zero-order chi connectivity index (χ0) is 13.7. The van der Waals surface area contributed by atoms with Crippen molar-refractivity contribution in [2.45, 2.75) is 12.5 Å². The Morgan fingerprint density at radius 1 is 1.26 bits per heavy atom. The molecule has 0 radical (unpaired) electrons. The van der Waals surface area contributed by atoms with Crippen molar-refractivity contribution in [3.05, 3.63) is 70.0 Å². The lowest BCUT2D eigenvalue weighted by atomic mass is 10.0. The molecule has 1 atom stereocenters. The summed E-state index contributed by atoms with van der Waals surface area (Å²) in [6, 6.07) is 13.4. The van der Waals surface area contributed by atoms with Crippen LogP contribution in [0, 0.1) is 10.1 Å². The lowest BCUT2D eigenvalue weighted by Gasteiger charge is -2.15. The number of nitrogens with zero attached hydrogens (tertiary/aromatic N) is 2. The number of benzene rings is 1. The first kappa shape index (κ1) is 13.2. The van der Waals surface area contributed by atoms with E-state index in [9.17, 15) is 10.1 Å². The van der Waals surface area contributed by atoms with Gasteiger partial charge in [0.1, 0.15) is 6.20 Å². The van der Waals surface area contributed by atoms with Gasteiger partial charge in [0.2, 0.25) is 0 Å². The molecule has 1 heterocycles. The Hall–Kier alpha value is -2.27. The molecule has 5 heteroatoms. The summed E-state index contributed by atoms with van der Waals surface area (Å²) in [7, 11) is 1.89. The molecule has 0 fully saturated rings. The Bertz CT molecular complexity index is 540. The number of aromatic nitrogens is 1. The predicted molar refractivity (Wildman–Crippen MR) is 72.8 cm³/mol. The van der Waals surface area contributed by atoms with Crippen molar-refractivity contribution >= 4 is 5.69 Å². The van der Waals surface area contributed by atoms with Gasteiger partial charge in [-0.3, -0.25) is 15.1 Å². The van der Waals surface area contributed by atoms with E-state index < -0.39 is 4.92 Å². The second kappa shape index (κ2) is 6.06. The van der Waals surface area contributed by atoms with Gasteiger partial charge in [-0.1, -0.05) is 30.3 Å². The maximum absolute atomic E-state index is 10.6. The van der Waals surface area contributed by atoms with Gasteiger partial charge in [-0.25, -0.2) is 0 Å². The van der Waals surface area contributed by atoms with Gasteiger partial charge in [-0.05, 0) is 18.7 Å². The molecule has 0 amide bonds. The third-order valence-electron chi connectivity index (χ3n) is 2.98. The lowest BCUT2D eigenvalue weighted by molar-refractivity contribution is -0.385. The standard InChI is InChI=1S/C14H15N3O2/c1-15-14(11-5-3-2-4-6-11)9-12-7-8-13(10-16-12)17(18)19/h2-8,10,14-15H,9H2,1H3. The van der Waals surface area contributed by atoms with E-state index in [1.54, 1.807) is 6.07 Å². The third kappa shape index (κ3) is 3.35. The molecule has 98 valence electrons. The van der Waals surface area contributed by atoms with E-state index in [0.717, 1.165) is 5.69 Å². The van der Waals surface area contributed by atoms with Crippen molar-refractivity contribution < 1.29 is 4.92 Å². The molecular formula is C14H15N3O2. The molecule has 0 aliphatic heterocycles. The first-order chi connectivity index (χ1) is 9.20. The average molecular weight is 257 g/mol. The highest BCUT2D eigenvalue weighted by Crippen LogP contribution is 2.18. The Balaban J connectivity index is 2.12. The normalized spacial score (nSPS) is 12.1. The van der Waals surface area contributed by atoms with E-state index >= 15 is 0 Å². The zero-order valence-electron chi connectivity index (χ0n) is 10.6. The molecule has 5 nitrogen and oxygen atoms in total. The molecule has 0 aliphatic rings. The quantitative estimate of drug-likeness (QED) is 0.660. The second-order valence-electron chi connectivity index (χ2n) is 4.22. The number of rotatable bonds is 5. The van der Waals surface area contributed by atoms with Crippen molar-refractivity contribution in [2.24, 2.45) is 0 Å². The Labute approximate surface area is 111 Å². The van der Waals surface area contributed by atoms with E-state index in [-0.39, 0.29) is 11.7 Å². The number of hydrogen-bond acceptors (Lipinski definition) is 4. The van der Waals surface area contributed by atoms with E-state index in [2.05, 4.69) is 10.3 Å². The summed E-state index contributed by atoms with van der Waals surface area (Å²) in [6.07, 6.45) is 1.99. The van der Waals surface area contributed by atoms with E-state index in [1.807, 2.05) is 37.4 Å². The number of nitrogens with one attached hydrogen (secondary N) is 1. The van der Waals surface area contributed by atoms with Crippen LogP contribution in [0.4, 0.5) is 5.69 Å². The molecule has 1 aromatic carbocycles. The smallest absolute Gasteiger partial charge is 0.287 e. The summed E-state index contributed by atoms with van der Waals surface area (Å²) in [5.41, 5.74) is 2.02. The van der Waals surface area contributed by atoms with Crippen LogP contribution in [0.3, 0.4) is 0 Å². The Morgan fingerprint density at radius 2 is 2.00 bits per heavy atom. The highest BCUT2D eigenvalue weighted by molar-refractivity contribution is 5.28. The minimum absolute atomic E-state index is 0.0180. The van der Waals surface area contributed by atoms with Crippen molar-refractivity contribution in [1.29, 1.82) is 0 Å². The maximum atomic E-state index is 10.6. The molecule has 2 rings (SSSR count). The first-order valence-corrected chi connectivity index (χ1v) is 6.02. The summed E-state index contributed by atoms with van der Waals surface area (Å²) >= 11 is 0. The first-order valence-electron chi connectivity index (χ1n) is 6.02.